The second-order valence-electron chi connectivity index (χ2n) is 6.91. The Labute approximate surface area is 149 Å². The van der Waals surface area contributed by atoms with E-state index in [1.165, 1.54) is 12.3 Å². The van der Waals surface area contributed by atoms with Gasteiger partial charge in [-0.1, -0.05) is 18.5 Å². The van der Waals surface area contributed by atoms with Crippen LogP contribution >= 0.6 is 11.6 Å². The number of fused-ring (bicyclic) bond motifs is 1. The second-order valence-corrected chi connectivity index (χ2v) is 7.35. The van der Waals surface area contributed by atoms with Gasteiger partial charge in [0.1, 0.15) is 6.10 Å². The standard InChI is InChI=1S/C17H19ClF2N2O3/c1-8-13-9(4-12(18)14(8)25-16(19)20)3-10(7-21-13)15(23)22-11-5-17(2,24)6-11/h3-4,7-8,11,14,16,24H,5-6H2,1-2H3,(H,22,23)/t8?,11-,14?,17-. The molecule has 2 aliphatic rings. The van der Waals surface area contributed by atoms with Crippen molar-refractivity contribution in [2.24, 2.45) is 0 Å². The van der Waals surface area contributed by atoms with Gasteiger partial charge in [0.25, 0.3) is 5.91 Å². The van der Waals surface area contributed by atoms with E-state index in [0.717, 1.165) is 0 Å². The molecule has 5 nitrogen and oxygen atoms in total. The third-order valence-corrected chi connectivity index (χ3v) is 4.94. The molecule has 0 aliphatic heterocycles. The maximum Gasteiger partial charge on any atom is 0.345 e. The topological polar surface area (TPSA) is 71.5 Å². The second kappa shape index (κ2) is 6.63. The van der Waals surface area contributed by atoms with Gasteiger partial charge >= 0.3 is 6.61 Å². The normalized spacial score (nSPS) is 31.2. The van der Waals surface area contributed by atoms with Gasteiger partial charge in [-0.15, -0.1) is 0 Å². The zero-order valence-electron chi connectivity index (χ0n) is 13.8. The van der Waals surface area contributed by atoms with Crippen molar-refractivity contribution in [3.63, 3.8) is 0 Å². The average Bonchev–Trinajstić information content (AvgIpc) is 2.48. The first kappa shape index (κ1) is 18.2. The lowest BCUT2D eigenvalue weighted by Gasteiger charge is -2.41. The highest BCUT2D eigenvalue weighted by Gasteiger charge is 2.39. The average molecular weight is 373 g/mol. The molecule has 2 unspecified atom stereocenters. The molecule has 1 fully saturated rings. The lowest BCUT2D eigenvalue weighted by atomic mass is 9.77. The van der Waals surface area contributed by atoms with Crippen LogP contribution in [0.3, 0.4) is 0 Å². The van der Waals surface area contributed by atoms with Gasteiger partial charge in [0.05, 0.1) is 16.9 Å². The van der Waals surface area contributed by atoms with Gasteiger partial charge < -0.3 is 15.2 Å². The van der Waals surface area contributed by atoms with Crippen LogP contribution in [-0.4, -0.2) is 40.4 Å². The van der Waals surface area contributed by atoms with E-state index in [9.17, 15) is 18.7 Å². The van der Waals surface area contributed by atoms with Crippen LogP contribution < -0.4 is 5.32 Å². The molecule has 8 heteroatoms. The van der Waals surface area contributed by atoms with E-state index >= 15 is 0 Å². The molecule has 1 heterocycles. The number of alkyl halides is 2. The van der Waals surface area contributed by atoms with Crippen LogP contribution in [0.5, 0.6) is 0 Å². The molecule has 2 N–H and O–H groups in total. The fourth-order valence-electron chi connectivity index (χ4n) is 3.39. The monoisotopic (exact) mass is 372 g/mol. The van der Waals surface area contributed by atoms with Crippen molar-refractivity contribution in [3.05, 3.63) is 34.1 Å². The van der Waals surface area contributed by atoms with E-state index in [4.69, 9.17) is 11.6 Å². The number of pyridine rings is 1. The minimum Gasteiger partial charge on any atom is -0.390 e. The van der Waals surface area contributed by atoms with E-state index in [-0.39, 0.29) is 17.0 Å². The predicted octanol–water partition coefficient (Wildman–Crippen LogP) is 3.03. The summed E-state index contributed by atoms with van der Waals surface area (Å²) in [6, 6.07) is 1.56. The summed E-state index contributed by atoms with van der Waals surface area (Å²) in [5, 5.41) is 12.7. The zero-order chi connectivity index (χ0) is 18.4. The Balaban J connectivity index is 1.76. The Morgan fingerprint density at radius 2 is 2.20 bits per heavy atom. The van der Waals surface area contributed by atoms with Gasteiger partial charge in [-0.2, -0.15) is 8.78 Å². The lowest BCUT2D eigenvalue weighted by molar-refractivity contribution is -0.155. The molecule has 0 radical (unpaired) electrons. The number of hydrogen-bond donors (Lipinski definition) is 2. The van der Waals surface area contributed by atoms with E-state index < -0.39 is 24.2 Å². The maximum atomic E-state index is 12.5. The number of amides is 1. The van der Waals surface area contributed by atoms with Crippen LogP contribution in [0.2, 0.25) is 0 Å². The predicted molar refractivity (Wildman–Crippen MR) is 88.5 cm³/mol. The first-order valence-corrected chi connectivity index (χ1v) is 8.38. The maximum absolute atomic E-state index is 12.5. The van der Waals surface area contributed by atoms with Crippen LogP contribution in [0.1, 0.15) is 54.2 Å². The smallest absolute Gasteiger partial charge is 0.345 e. The molecule has 1 amide bonds. The number of aliphatic hydroxyl groups is 1. The number of nitrogens with zero attached hydrogens (tertiary/aromatic N) is 1. The molecule has 0 spiro atoms. The fourth-order valence-corrected chi connectivity index (χ4v) is 3.75. The molecule has 1 aromatic rings. The Kier molecular flexibility index (Phi) is 4.83. The number of nitrogens with one attached hydrogen (secondary N) is 1. The van der Waals surface area contributed by atoms with Gasteiger partial charge in [0.2, 0.25) is 0 Å². The van der Waals surface area contributed by atoms with Crippen LogP contribution in [0, 0.1) is 0 Å². The van der Waals surface area contributed by atoms with Crippen molar-refractivity contribution < 1.29 is 23.4 Å². The Bertz CT molecular complexity index is 716. The fraction of sp³-hybridized carbons (Fsp3) is 0.529. The molecular formula is C17H19ClF2N2O3. The highest BCUT2D eigenvalue weighted by molar-refractivity contribution is 6.32. The highest BCUT2D eigenvalue weighted by atomic mass is 35.5. The quantitative estimate of drug-likeness (QED) is 0.852. The Morgan fingerprint density at radius 3 is 2.80 bits per heavy atom. The summed E-state index contributed by atoms with van der Waals surface area (Å²) in [6.07, 6.45) is 2.97. The van der Waals surface area contributed by atoms with Crippen molar-refractivity contribution >= 4 is 23.6 Å². The third kappa shape index (κ3) is 3.83. The number of hydrogen-bond acceptors (Lipinski definition) is 4. The summed E-state index contributed by atoms with van der Waals surface area (Å²) < 4.78 is 29.6. The van der Waals surface area contributed by atoms with Crippen molar-refractivity contribution in [1.29, 1.82) is 0 Å². The van der Waals surface area contributed by atoms with Crippen LogP contribution in [0.15, 0.2) is 17.3 Å². The molecule has 25 heavy (non-hydrogen) atoms. The number of carbonyl (C=O) groups is 1. The summed E-state index contributed by atoms with van der Waals surface area (Å²) in [5.74, 6) is -0.751. The molecule has 0 bridgehead atoms. The molecule has 3 rings (SSSR count). The number of carbonyl (C=O) groups excluding carboxylic acids is 1. The van der Waals surface area contributed by atoms with Crippen LogP contribution in [0.25, 0.3) is 6.08 Å². The summed E-state index contributed by atoms with van der Waals surface area (Å²) in [5.41, 5.74) is 0.793. The zero-order valence-corrected chi connectivity index (χ0v) is 14.6. The number of aromatic nitrogens is 1. The van der Waals surface area contributed by atoms with Gasteiger partial charge in [-0.3, -0.25) is 9.78 Å². The third-order valence-electron chi connectivity index (χ3n) is 4.62. The molecule has 136 valence electrons. The molecular weight excluding hydrogens is 354 g/mol. The largest absolute Gasteiger partial charge is 0.390 e. The number of rotatable bonds is 4. The minimum atomic E-state index is -2.93. The molecule has 2 atom stereocenters. The summed E-state index contributed by atoms with van der Waals surface area (Å²) >= 11 is 6.08. The van der Waals surface area contributed by atoms with Crippen LogP contribution in [0.4, 0.5) is 8.78 Å². The van der Waals surface area contributed by atoms with Gasteiger partial charge in [0.15, 0.2) is 0 Å². The van der Waals surface area contributed by atoms with Gasteiger partial charge in [0, 0.05) is 23.2 Å². The lowest BCUT2D eigenvalue weighted by Crippen LogP contribution is -2.53. The van der Waals surface area contributed by atoms with Crippen molar-refractivity contribution in [2.45, 2.75) is 57.0 Å². The Hall–Kier alpha value is -1.57. The minimum absolute atomic E-state index is 0.0691. The summed E-state index contributed by atoms with van der Waals surface area (Å²) in [7, 11) is 0. The Morgan fingerprint density at radius 1 is 1.52 bits per heavy atom. The van der Waals surface area contributed by atoms with Crippen LogP contribution in [-0.2, 0) is 4.74 Å². The summed E-state index contributed by atoms with van der Waals surface area (Å²) in [6.45, 7) is 0.494. The number of halogens is 3. The first-order valence-electron chi connectivity index (χ1n) is 8.00. The van der Waals surface area contributed by atoms with Crippen molar-refractivity contribution in [3.8, 4) is 0 Å². The molecule has 1 saturated carbocycles. The SMILES string of the molecule is CC1c2ncc(C(=O)N[C@H]3C[C@](C)(O)C3)cc2C=C(Cl)C1OC(F)F. The van der Waals surface area contributed by atoms with E-state index in [1.54, 1.807) is 19.9 Å². The van der Waals surface area contributed by atoms with E-state index in [2.05, 4.69) is 15.0 Å². The highest BCUT2D eigenvalue weighted by Crippen LogP contribution is 2.37. The summed E-state index contributed by atoms with van der Waals surface area (Å²) in [4.78, 5) is 16.6. The molecule has 0 saturated heterocycles. The van der Waals surface area contributed by atoms with E-state index in [0.29, 0.717) is 29.7 Å². The van der Waals surface area contributed by atoms with Crippen molar-refractivity contribution in [1.82, 2.24) is 10.3 Å². The molecule has 0 aromatic carbocycles. The van der Waals surface area contributed by atoms with Crippen molar-refractivity contribution in [2.75, 3.05) is 0 Å². The molecule has 1 aromatic heterocycles. The molecule has 2 aliphatic carbocycles. The first-order chi connectivity index (χ1) is 11.7. The number of ether oxygens (including phenoxy) is 1. The van der Waals surface area contributed by atoms with Gasteiger partial charge in [-0.25, -0.2) is 0 Å². The van der Waals surface area contributed by atoms with Gasteiger partial charge in [-0.05, 0) is 37.5 Å². The van der Waals surface area contributed by atoms with E-state index in [1.807, 2.05) is 0 Å².